The quantitative estimate of drug-likeness (QED) is 0.455. The zero-order valence-electron chi connectivity index (χ0n) is 22.6. The normalized spacial score (nSPS) is 45.0. The first kappa shape index (κ1) is 26.1. The zero-order chi connectivity index (χ0) is 25.3. The van der Waals surface area contributed by atoms with E-state index in [1.54, 1.807) is 0 Å². The zero-order valence-corrected chi connectivity index (χ0v) is 22.6. The Morgan fingerprint density at radius 2 is 1.76 bits per heavy atom. The molecule has 0 spiro atoms. The van der Waals surface area contributed by atoms with Gasteiger partial charge >= 0.3 is 0 Å². The fourth-order valence-corrected chi connectivity index (χ4v) is 9.24. The lowest BCUT2D eigenvalue weighted by Gasteiger charge is -2.62. The summed E-state index contributed by atoms with van der Waals surface area (Å²) < 4.78 is 0. The highest BCUT2D eigenvalue weighted by Gasteiger charge is 2.68. The van der Waals surface area contributed by atoms with Gasteiger partial charge in [-0.25, -0.2) is 0 Å². The fraction of sp³-hybridized carbons (Fsp3) is 0.833. The number of aliphatic hydroxyl groups is 3. The van der Waals surface area contributed by atoms with Crippen LogP contribution in [0.15, 0.2) is 22.8 Å². The van der Waals surface area contributed by atoms with E-state index in [4.69, 9.17) is 0 Å². The third-order valence-corrected chi connectivity index (χ3v) is 11.7. The molecule has 0 aromatic heterocycles. The van der Waals surface area contributed by atoms with Crippen molar-refractivity contribution in [1.29, 1.82) is 0 Å². The van der Waals surface area contributed by atoms with Crippen LogP contribution in [0.1, 0.15) is 99.8 Å². The van der Waals surface area contributed by atoms with E-state index in [2.05, 4.69) is 47.6 Å². The minimum absolute atomic E-state index is 0.0649. The Labute approximate surface area is 206 Å². The van der Waals surface area contributed by atoms with Crippen molar-refractivity contribution < 1.29 is 20.1 Å². The lowest BCUT2D eigenvalue weighted by Crippen LogP contribution is -2.58. The minimum atomic E-state index is -0.582. The second-order valence-corrected chi connectivity index (χ2v) is 13.5. The van der Waals surface area contributed by atoms with Crippen LogP contribution in [0.5, 0.6) is 0 Å². The number of hydrogen-bond donors (Lipinski definition) is 3. The number of aliphatic hydroxyl groups excluding tert-OH is 3. The summed E-state index contributed by atoms with van der Waals surface area (Å²) in [6.07, 6.45) is 7.98. The van der Waals surface area contributed by atoms with Crippen molar-refractivity contribution in [3.05, 3.63) is 22.8 Å². The Morgan fingerprint density at radius 1 is 1.09 bits per heavy atom. The predicted molar refractivity (Wildman–Crippen MR) is 136 cm³/mol. The van der Waals surface area contributed by atoms with Crippen LogP contribution < -0.4 is 0 Å². The molecular formula is C30H48O4. The average molecular weight is 473 g/mol. The molecule has 0 unspecified atom stereocenters. The van der Waals surface area contributed by atoms with E-state index in [0.29, 0.717) is 30.5 Å². The van der Waals surface area contributed by atoms with Gasteiger partial charge in [-0.05, 0) is 86.0 Å². The summed E-state index contributed by atoms with van der Waals surface area (Å²) in [5.74, 6) is 1.34. The maximum absolute atomic E-state index is 12.8. The molecule has 0 saturated heterocycles. The molecule has 4 nitrogen and oxygen atoms in total. The van der Waals surface area contributed by atoms with Crippen LogP contribution in [0.4, 0.5) is 0 Å². The first-order valence-electron chi connectivity index (χ1n) is 13.6. The van der Waals surface area contributed by atoms with Gasteiger partial charge in [0.2, 0.25) is 0 Å². The molecule has 2 saturated carbocycles. The van der Waals surface area contributed by atoms with Crippen LogP contribution >= 0.6 is 0 Å². The molecule has 3 N–H and O–H groups in total. The van der Waals surface area contributed by atoms with Crippen molar-refractivity contribution in [2.75, 3.05) is 6.61 Å². The van der Waals surface area contributed by atoms with Crippen molar-refractivity contribution >= 4 is 5.78 Å². The molecule has 34 heavy (non-hydrogen) atoms. The highest BCUT2D eigenvalue weighted by atomic mass is 16.3. The SMILES string of the molecule is C/C(=C\CC[C@@H](C)[C@H]1C[C@H](O)[C@@]2(C)C3=C(CC[C@]12C)[C@@]1(C)CCC(=O)C(C)(C)[C@@H]1C[C@H]3O)CO. The molecule has 8 atom stereocenters. The van der Waals surface area contributed by atoms with E-state index in [-0.39, 0.29) is 23.4 Å². The highest BCUT2D eigenvalue weighted by Crippen LogP contribution is 2.72. The number of hydrogen-bond acceptors (Lipinski definition) is 4. The summed E-state index contributed by atoms with van der Waals surface area (Å²) in [6, 6.07) is 0. The largest absolute Gasteiger partial charge is 0.392 e. The van der Waals surface area contributed by atoms with Crippen LogP contribution in [-0.2, 0) is 4.79 Å². The predicted octanol–water partition coefficient (Wildman–Crippen LogP) is 5.60. The van der Waals surface area contributed by atoms with Crippen molar-refractivity contribution in [2.45, 2.75) is 112 Å². The van der Waals surface area contributed by atoms with Crippen molar-refractivity contribution in [2.24, 2.45) is 39.4 Å². The third-order valence-electron chi connectivity index (χ3n) is 11.7. The van der Waals surface area contributed by atoms with Crippen molar-refractivity contribution in [1.82, 2.24) is 0 Å². The van der Waals surface area contributed by atoms with Crippen LogP contribution in [0, 0.1) is 39.4 Å². The minimum Gasteiger partial charge on any atom is -0.392 e. The molecule has 4 aliphatic carbocycles. The number of Topliss-reactive ketones (excluding diaryl/α,β-unsaturated/α-hetero) is 1. The van der Waals surface area contributed by atoms with Gasteiger partial charge in [0.1, 0.15) is 5.78 Å². The molecule has 0 aromatic rings. The third kappa shape index (κ3) is 3.45. The lowest BCUT2D eigenvalue weighted by molar-refractivity contribution is -0.142. The fourth-order valence-electron chi connectivity index (χ4n) is 9.24. The van der Waals surface area contributed by atoms with E-state index in [1.165, 1.54) is 5.57 Å². The monoisotopic (exact) mass is 472 g/mol. The number of carbonyl (C=O) groups excluding carboxylic acids is 1. The molecular weight excluding hydrogens is 424 g/mol. The van der Waals surface area contributed by atoms with Gasteiger partial charge in [-0.3, -0.25) is 4.79 Å². The van der Waals surface area contributed by atoms with Gasteiger partial charge in [0.15, 0.2) is 0 Å². The molecule has 0 aromatic carbocycles. The Balaban J connectivity index is 1.72. The van der Waals surface area contributed by atoms with Gasteiger partial charge in [-0.1, -0.05) is 58.8 Å². The number of fused-ring (bicyclic) bond motifs is 4. The number of ketones is 1. The van der Waals surface area contributed by atoms with Gasteiger partial charge < -0.3 is 15.3 Å². The first-order valence-corrected chi connectivity index (χ1v) is 13.6. The topological polar surface area (TPSA) is 77.8 Å². The molecule has 2 fully saturated rings. The maximum Gasteiger partial charge on any atom is 0.138 e. The smallest absolute Gasteiger partial charge is 0.138 e. The summed E-state index contributed by atoms with van der Waals surface area (Å²) in [6.45, 7) is 15.5. The van der Waals surface area contributed by atoms with Gasteiger partial charge in [0.25, 0.3) is 0 Å². The standard InChI is InChI=1S/C30H48O4/c1-18(17-31)9-8-10-19(2)21-15-25(34)30(7)26-20(11-14-29(21,30)6)28(5)13-12-24(33)27(3,4)23(28)16-22(26)32/h9,19,21-23,25,31-32,34H,8,10-17H2,1-7H3/b18-9+/t19-,21-,22-,23+,25+,28-,29-,30+/m1/s1. The summed E-state index contributed by atoms with van der Waals surface area (Å²) >= 11 is 0. The molecule has 192 valence electrons. The lowest BCUT2D eigenvalue weighted by atomic mass is 9.42. The number of rotatable bonds is 5. The number of carbonyl (C=O) groups is 1. The van der Waals surface area contributed by atoms with E-state index >= 15 is 0 Å². The molecule has 0 radical (unpaired) electrons. The Hall–Kier alpha value is -0.970. The summed E-state index contributed by atoms with van der Waals surface area (Å²) in [4.78, 5) is 12.8. The van der Waals surface area contributed by atoms with Crippen LogP contribution in [0.3, 0.4) is 0 Å². The van der Waals surface area contributed by atoms with Gasteiger partial charge in [0.05, 0.1) is 18.8 Å². The van der Waals surface area contributed by atoms with Gasteiger partial charge in [-0.2, -0.15) is 0 Å². The Morgan fingerprint density at radius 3 is 2.41 bits per heavy atom. The number of allylic oxidation sites excluding steroid dienone is 2. The molecule has 0 aliphatic heterocycles. The van der Waals surface area contributed by atoms with Gasteiger partial charge in [0, 0.05) is 17.3 Å². The summed E-state index contributed by atoms with van der Waals surface area (Å²) in [5, 5.41) is 32.6. The van der Waals surface area contributed by atoms with Crippen molar-refractivity contribution in [3.63, 3.8) is 0 Å². The second-order valence-electron chi connectivity index (χ2n) is 13.5. The molecule has 4 heteroatoms. The molecule has 0 amide bonds. The van der Waals surface area contributed by atoms with E-state index in [0.717, 1.165) is 49.7 Å². The summed E-state index contributed by atoms with van der Waals surface area (Å²) in [5.41, 5.74) is 2.52. The van der Waals surface area contributed by atoms with E-state index in [9.17, 15) is 20.1 Å². The summed E-state index contributed by atoms with van der Waals surface area (Å²) in [7, 11) is 0. The molecule has 4 aliphatic rings. The van der Waals surface area contributed by atoms with Crippen LogP contribution in [0.25, 0.3) is 0 Å². The Kier molecular flexibility index (Phi) is 6.57. The molecule has 0 bridgehead atoms. The Bertz CT molecular complexity index is 899. The van der Waals surface area contributed by atoms with E-state index < -0.39 is 23.0 Å². The average Bonchev–Trinajstić information content (AvgIpc) is 2.99. The second kappa shape index (κ2) is 8.56. The first-order chi connectivity index (χ1) is 15.7. The van der Waals surface area contributed by atoms with E-state index in [1.807, 2.05) is 6.92 Å². The van der Waals surface area contributed by atoms with Crippen LogP contribution in [-0.4, -0.2) is 39.9 Å². The molecule has 4 rings (SSSR count). The highest BCUT2D eigenvalue weighted by molar-refractivity contribution is 5.85. The van der Waals surface area contributed by atoms with Crippen LogP contribution in [0.2, 0.25) is 0 Å². The van der Waals surface area contributed by atoms with Crippen molar-refractivity contribution in [3.8, 4) is 0 Å². The van der Waals surface area contributed by atoms with Gasteiger partial charge in [-0.15, -0.1) is 0 Å². The molecule has 0 heterocycles. The maximum atomic E-state index is 12.8.